The van der Waals surface area contributed by atoms with E-state index in [1.165, 1.54) is 12.8 Å². The number of carbonyl (C=O) groups excluding carboxylic acids is 1. The standard InChI is InChI=1S/C11H21O2/c1-9(2)6-5-7-10(3)8-11(12)13-4/h9-10H,4-8H2,1-3H3. The van der Waals surface area contributed by atoms with E-state index in [1.807, 2.05) is 0 Å². The smallest absolute Gasteiger partial charge is 0.306 e. The van der Waals surface area contributed by atoms with Crippen LogP contribution >= 0.6 is 0 Å². The van der Waals surface area contributed by atoms with Gasteiger partial charge in [0, 0.05) is 6.42 Å². The molecule has 0 aliphatic heterocycles. The predicted molar refractivity (Wildman–Crippen MR) is 53.9 cm³/mol. The lowest BCUT2D eigenvalue weighted by molar-refractivity contribution is -0.139. The Morgan fingerprint density at radius 1 is 1.31 bits per heavy atom. The van der Waals surface area contributed by atoms with E-state index in [9.17, 15) is 4.79 Å². The number of hydrogen-bond acceptors (Lipinski definition) is 2. The number of rotatable bonds is 6. The first-order valence-electron chi connectivity index (χ1n) is 5.01. The van der Waals surface area contributed by atoms with Crippen molar-refractivity contribution in [3.63, 3.8) is 0 Å². The molecule has 0 aromatic carbocycles. The maximum Gasteiger partial charge on any atom is 0.306 e. The molecule has 0 aliphatic carbocycles. The molecule has 2 heteroatoms. The zero-order chi connectivity index (χ0) is 10.3. The molecule has 0 aliphatic rings. The Hall–Kier alpha value is -0.530. The number of hydrogen-bond donors (Lipinski definition) is 0. The van der Waals surface area contributed by atoms with E-state index in [0.29, 0.717) is 12.3 Å². The average Bonchev–Trinajstić information content (AvgIpc) is 2.03. The van der Waals surface area contributed by atoms with Gasteiger partial charge in [-0.25, -0.2) is 0 Å². The van der Waals surface area contributed by atoms with Crippen molar-refractivity contribution in [2.45, 2.75) is 46.5 Å². The van der Waals surface area contributed by atoms with E-state index in [4.69, 9.17) is 0 Å². The molecule has 0 bridgehead atoms. The van der Waals surface area contributed by atoms with Crippen molar-refractivity contribution in [3.8, 4) is 0 Å². The van der Waals surface area contributed by atoms with Gasteiger partial charge in [-0.05, 0) is 11.8 Å². The minimum Gasteiger partial charge on any atom is -0.462 e. The zero-order valence-electron chi connectivity index (χ0n) is 9.01. The summed E-state index contributed by atoms with van der Waals surface area (Å²) in [5.41, 5.74) is 0. The summed E-state index contributed by atoms with van der Waals surface area (Å²) in [5.74, 6) is 0.983. The van der Waals surface area contributed by atoms with Crippen molar-refractivity contribution >= 4 is 5.97 Å². The van der Waals surface area contributed by atoms with Crippen LogP contribution in [0.15, 0.2) is 0 Å². The molecule has 77 valence electrons. The molecule has 0 saturated carbocycles. The van der Waals surface area contributed by atoms with Crippen LogP contribution in [0.3, 0.4) is 0 Å². The molecule has 0 fully saturated rings. The highest BCUT2D eigenvalue weighted by atomic mass is 16.5. The fourth-order valence-electron chi connectivity index (χ4n) is 1.32. The summed E-state index contributed by atoms with van der Waals surface area (Å²) in [4.78, 5) is 10.8. The summed E-state index contributed by atoms with van der Waals surface area (Å²) >= 11 is 0. The molecular formula is C11H21O2. The van der Waals surface area contributed by atoms with Crippen LogP contribution < -0.4 is 0 Å². The number of carbonyl (C=O) groups is 1. The molecule has 0 amide bonds. The van der Waals surface area contributed by atoms with Crippen molar-refractivity contribution in [3.05, 3.63) is 7.11 Å². The second-order valence-electron chi connectivity index (χ2n) is 4.15. The van der Waals surface area contributed by atoms with E-state index in [1.54, 1.807) is 0 Å². The lowest BCUT2D eigenvalue weighted by Crippen LogP contribution is -2.06. The molecule has 0 heterocycles. The Kier molecular flexibility index (Phi) is 6.65. The minimum absolute atomic E-state index is 0.197. The molecule has 0 N–H and O–H groups in total. The van der Waals surface area contributed by atoms with Gasteiger partial charge in [-0.2, -0.15) is 0 Å². The summed E-state index contributed by atoms with van der Waals surface area (Å²) in [6, 6.07) is 0. The molecule has 1 radical (unpaired) electrons. The first kappa shape index (κ1) is 12.5. The van der Waals surface area contributed by atoms with E-state index >= 15 is 0 Å². The third-order valence-electron chi connectivity index (χ3n) is 2.15. The second kappa shape index (κ2) is 6.93. The van der Waals surface area contributed by atoms with Gasteiger partial charge >= 0.3 is 5.97 Å². The first-order chi connectivity index (χ1) is 6.06. The Bertz CT molecular complexity index is 141. The van der Waals surface area contributed by atoms with Gasteiger partial charge in [0.05, 0.1) is 0 Å². The minimum atomic E-state index is -0.197. The SMILES string of the molecule is [CH2]OC(=O)CC(C)CCCC(C)C. The summed E-state index contributed by atoms with van der Waals surface area (Å²) in [6.07, 6.45) is 4.04. The van der Waals surface area contributed by atoms with Crippen molar-refractivity contribution in [2.24, 2.45) is 11.8 Å². The van der Waals surface area contributed by atoms with Crippen molar-refractivity contribution in [1.29, 1.82) is 0 Å². The highest BCUT2D eigenvalue weighted by molar-refractivity contribution is 5.69. The molecule has 0 aromatic heterocycles. The van der Waals surface area contributed by atoms with Crippen molar-refractivity contribution in [1.82, 2.24) is 0 Å². The van der Waals surface area contributed by atoms with Crippen LogP contribution in [0.1, 0.15) is 46.5 Å². The fourth-order valence-corrected chi connectivity index (χ4v) is 1.32. The summed E-state index contributed by atoms with van der Waals surface area (Å²) in [7, 11) is 3.10. The summed E-state index contributed by atoms with van der Waals surface area (Å²) < 4.78 is 4.36. The van der Waals surface area contributed by atoms with Crippen LogP contribution in [0.25, 0.3) is 0 Å². The topological polar surface area (TPSA) is 26.3 Å². The average molecular weight is 185 g/mol. The Morgan fingerprint density at radius 3 is 2.38 bits per heavy atom. The van der Waals surface area contributed by atoms with Crippen LogP contribution in [0.4, 0.5) is 0 Å². The van der Waals surface area contributed by atoms with Crippen LogP contribution in [-0.4, -0.2) is 5.97 Å². The Morgan fingerprint density at radius 2 is 1.92 bits per heavy atom. The first-order valence-corrected chi connectivity index (χ1v) is 5.01. The molecular weight excluding hydrogens is 164 g/mol. The molecule has 2 nitrogen and oxygen atoms in total. The van der Waals surface area contributed by atoms with E-state index in [0.717, 1.165) is 12.3 Å². The second-order valence-corrected chi connectivity index (χ2v) is 4.15. The molecule has 1 atom stereocenters. The maximum atomic E-state index is 10.8. The molecule has 0 spiro atoms. The van der Waals surface area contributed by atoms with Crippen LogP contribution in [-0.2, 0) is 9.53 Å². The largest absolute Gasteiger partial charge is 0.462 e. The monoisotopic (exact) mass is 185 g/mol. The van der Waals surface area contributed by atoms with Gasteiger partial charge in [0.1, 0.15) is 7.11 Å². The van der Waals surface area contributed by atoms with E-state index in [-0.39, 0.29) is 5.97 Å². The highest BCUT2D eigenvalue weighted by Gasteiger charge is 2.08. The van der Waals surface area contributed by atoms with Crippen molar-refractivity contribution < 1.29 is 9.53 Å². The third kappa shape index (κ3) is 7.82. The van der Waals surface area contributed by atoms with Gasteiger partial charge in [-0.15, -0.1) is 0 Å². The van der Waals surface area contributed by atoms with Gasteiger partial charge in [-0.3, -0.25) is 4.79 Å². The molecule has 13 heavy (non-hydrogen) atoms. The van der Waals surface area contributed by atoms with Gasteiger partial charge in [0.15, 0.2) is 0 Å². The van der Waals surface area contributed by atoms with Gasteiger partial charge in [-0.1, -0.05) is 40.0 Å². The summed E-state index contributed by atoms with van der Waals surface area (Å²) in [5, 5.41) is 0. The normalized spacial score (nSPS) is 13.0. The van der Waals surface area contributed by atoms with Gasteiger partial charge in [0.2, 0.25) is 0 Å². The fraction of sp³-hybridized carbons (Fsp3) is 0.818. The van der Waals surface area contributed by atoms with Crippen molar-refractivity contribution in [2.75, 3.05) is 0 Å². The lowest BCUT2D eigenvalue weighted by Gasteiger charge is -2.10. The summed E-state index contributed by atoms with van der Waals surface area (Å²) in [6.45, 7) is 6.51. The van der Waals surface area contributed by atoms with E-state index < -0.39 is 0 Å². The van der Waals surface area contributed by atoms with Crippen LogP contribution in [0.2, 0.25) is 0 Å². The van der Waals surface area contributed by atoms with E-state index in [2.05, 4.69) is 32.6 Å². The predicted octanol–water partition coefficient (Wildman–Crippen LogP) is 3.17. The molecule has 0 saturated heterocycles. The van der Waals surface area contributed by atoms with Gasteiger partial charge in [0.25, 0.3) is 0 Å². The quantitative estimate of drug-likeness (QED) is 0.594. The lowest BCUT2D eigenvalue weighted by atomic mass is 9.97. The Labute approximate surface area is 81.7 Å². The van der Waals surface area contributed by atoms with Crippen LogP contribution in [0.5, 0.6) is 0 Å². The molecule has 0 aromatic rings. The third-order valence-corrected chi connectivity index (χ3v) is 2.15. The molecule has 0 rings (SSSR count). The van der Waals surface area contributed by atoms with Gasteiger partial charge < -0.3 is 4.74 Å². The highest BCUT2D eigenvalue weighted by Crippen LogP contribution is 2.15. The van der Waals surface area contributed by atoms with Crippen LogP contribution in [0, 0.1) is 18.9 Å². The maximum absolute atomic E-state index is 10.8. The number of esters is 1. The number of ether oxygens (including phenoxy) is 1. The molecule has 1 unspecified atom stereocenters. The zero-order valence-corrected chi connectivity index (χ0v) is 9.01. The Balaban J connectivity index is 3.40.